The molecular formula is C20H25N. The highest BCUT2D eigenvalue weighted by Crippen LogP contribution is 2.30. The molecule has 1 N–H and O–H groups in total. The van der Waals surface area contributed by atoms with Crippen LogP contribution in [0.25, 0.3) is 0 Å². The number of fused-ring (bicyclic) bond motifs is 1. The van der Waals surface area contributed by atoms with Gasteiger partial charge in [-0.25, -0.2) is 0 Å². The fraction of sp³-hybridized carbons (Fsp3) is 0.400. The van der Waals surface area contributed by atoms with Crippen LogP contribution in [0.3, 0.4) is 0 Å². The first-order chi connectivity index (χ1) is 10.3. The van der Waals surface area contributed by atoms with E-state index in [-0.39, 0.29) is 0 Å². The Kier molecular flexibility index (Phi) is 4.72. The Bertz CT molecular complexity index is 588. The monoisotopic (exact) mass is 279 g/mol. The molecule has 1 heteroatoms. The highest BCUT2D eigenvalue weighted by Gasteiger charge is 2.18. The predicted molar refractivity (Wildman–Crippen MR) is 89.9 cm³/mol. The summed E-state index contributed by atoms with van der Waals surface area (Å²) in [5, 5.41) is 3.66. The van der Waals surface area contributed by atoms with Crippen molar-refractivity contribution >= 4 is 0 Å². The molecule has 0 spiro atoms. The van der Waals surface area contributed by atoms with E-state index in [0.717, 1.165) is 19.5 Å². The van der Waals surface area contributed by atoms with Crippen LogP contribution in [-0.4, -0.2) is 13.1 Å². The summed E-state index contributed by atoms with van der Waals surface area (Å²) in [4.78, 5) is 0. The van der Waals surface area contributed by atoms with E-state index in [0.29, 0.717) is 5.92 Å². The second-order valence-electron chi connectivity index (χ2n) is 6.23. The number of rotatable bonds is 5. The van der Waals surface area contributed by atoms with E-state index in [2.05, 4.69) is 60.8 Å². The van der Waals surface area contributed by atoms with Gasteiger partial charge in [-0.1, -0.05) is 54.1 Å². The minimum Gasteiger partial charge on any atom is -0.316 e. The summed E-state index contributed by atoms with van der Waals surface area (Å²) < 4.78 is 0. The van der Waals surface area contributed by atoms with Gasteiger partial charge in [0.2, 0.25) is 0 Å². The zero-order chi connectivity index (χ0) is 14.5. The smallest absolute Gasteiger partial charge is 0.00203 e. The van der Waals surface area contributed by atoms with Crippen LogP contribution >= 0.6 is 0 Å². The first-order valence-electron chi connectivity index (χ1n) is 8.17. The van der Waals surface area contributed by atoms with Crippen molar-refractivity contribution in [3.8, 4) is 0 Å². The summed E-state index contributed by atoms with van der Waals surface area (Å²) in [7, 11) is 0. The molecule has 2 aromatic rings. The number of hydrogen-bond acceptors (Lipinski definition) is 1. The molecule has 0 heterocycles. The molecule has 0 aromatic heterocycles. The lowest BCUT2D eigenvalue weighted by molar-refractivity contribution is 0.509. The van der Waals surface area contributed by atoms with Gasteiger partial charge in [0.05, 0.1) is 0 Å². The molecule has 1 atom stereocenters. The van der Waals surface area contributed by atoms with Gasteiger partial charge in [0, 0.05) is 6.54 Å². The minimum absolute atomic E-state index is 0.701. The lowest BCUT2D eigenvalue weighted by Crippen LogP contribution is -2.26. The molecule has 0 saturated heterocycles. The first-order valence-corrected chi connectivity index (χ1v) is 8.17. The Morgan fingerprint density at radius 1 is 1.10 bits per heavy atom. The van der Waals surface area contributed by atoms with Crippen molar-refractivity contribution in [3.05, 3.63) is 70.8 Å². The fourth-order valence-corrected chi connectivity index (χ4v) is 3.44. The fourth-order valence-electron chi connectivity index (χ4n) is 3.44. The molecule has 2 aromatic carbocycles. The SMILES string of the molecule is Cc1cccc(CCNCC2CCCc3ccccc32)c1. The van der Waals surface area contributed by atoms with E-state index in [4.69, 9.17) is 0 Å². The van der Waals surface area contributed by atoms with Gasteiger partial charge in [-0.15, -0.1) is 0 Å². The van der Waals surface area contributed by atoms with Gasteiger partial charge in [-0.3, -0.25) is 0 Å². The molecule has 0 aliphatic heterocycles. The second kappa shape index (κ2) is 6.91. The third kappa shape index (κ3) is 3.74. The molecule has 0 bridgehead atoms. The molecule has 110 valence electrons. The van der Waals surface area contributed by atoms with E-state index >= 15 is 0 Å². The van der Waals surface area contributed by atoms with Crippen molar-refractivity contribution in [1.29, 1.82) is 0 Å². The molecule has 1 aliphatic carbocycles. The maximum absolute atomic E-state index is 3.66. The van der Waals surface area contributed by atoms with Crippen molar-refractivity contribution in [2.45, 2.75) is 38.5 Å². The zero-order valence-electron chi connectivity index (χ0n) is 12.9. The molecule has 0 amide bonds. The molecule has 1 aliphatic rings. The minimum atomic E-state index is 0.701. The van der Waals surface area contributed by atoms with Gasteiger partial charge in [-0.05, 0) is 61.8 Å². The summed E-state index contributed by atoms with van der Waals surface area (Å²) in [5.74, 6) is 0.701. The largest absolute Gasteiger partial charge is 0.316 e. The summed E-state index contributed by atoms with van der Waals surface area (Å²) in [5.41, 5.74) is 5.93. The average molecular weight is 279 g/mol. The van der Waals surface area contributed by atoms with Crippen molar-refractivity contribution in [2.75, 3.05) is 13.1 Å². The molecule has 21 heavy (non-hydrogen) atoms. The summed E-state index contributed by atoms with van der Waals surface area (Å²) in [6.45, 7) is 4.35. The predicted octanol–water partition coefficient (Wildman–Crippen LogP) is 4.25. The van der Waals surface area contributed by atoms with Gasteiger partial charge in [0.15, 0.2) is 0 Å². The van der Waals surface area contributed by atoms with Crippen molar-refractivity contribution in [3.63, 3.8) is 0 Å². The Labute approximate surface area is 128 Å². The number of benzene rings is 2. The number of aryl methyl sites for hydroxylation is 2. The van der Waals surface area contributed by atoms with Gasteiger partial charge in [-0.2, -0.15) is 0 Å². The number of nitrogens with one attached hydrogen (secondary N) is 1. The highest BCUT2D eigenvalue weighted by atomic mass is 14.9. The van der Waals surface area contributed by atoms with Crippen molar-refractivity contribution in [1.82, 2.24) is 5.32 Å². The van der Waals surface area contributed by atoms with Crippen LogP contribution in [0.15, 0.2) is 48.5 Å². The third-order valence-electron chi connectivity index (χ3n) is 4.56. The van der Waals surface area contributed by atoms with E-state index in [1.165, 1.54) is 30.4 Å². The third-order valence-corrected chi connectivity index (χ3v) is 4.56. The molecule has 0 radical (unpaired) electrons. The van der Waals surface area contributed by atoms with Gasteiger partial charge in [0.25, 0.3) is 0 Å². The van der Waals surface area contributed by atoms with Crippen LogP contribution in [0.2, 0.25) is 0 Å². The van der Waals surface area contributed by atoms with Crippen LogP contribution < -0.4 is 5.32 Å². The molecule has 1 unspecified atom stereocenters. The lowest BCUT2D eigenvalue weighted by Gasteiger charge is -2.25. The highest BCUT2D eigenvalue weighted by molar-refractivity contribution is 5.32. The summed E-state index contributed by atoms with van der Waals surface area (Å²) in [6, 6.07) is 17.8. The molecule has 1 nitrogen and oxygen atoms in total. The van der Waals surface area contributed by atoms with Crippen LogP contribution in [0.4, 0.5) is 0 Å². The summed E-state index contributed by atoms with van der Waals surface area (Å²) in [6.07, 6.45) is 5.04. The van der Waals surface area contributed by atoms with E-state index < -0.39 is 0 Å². The van der Waals surface area contributed by atoms with Crippen LogP contribution in [0.5, 0.6) is 0 Å². The van der Waals surface area contributed by atoms with E-state index in [1.54, 1.807) is 11.1 Å². The Morgan fingerprint density at radius 2 is 2.00 bits per heavy atom. The maximum Gasteiger partial charge on any atom is 0.00203 e. The van der Waals surface area contributed by atoms with Crippen LogP contribution in [-0.2, 0) is 12.8 Å². The van der Waals surface area contributed by atoms with Crippen LogP contribution in [0.1, 0.15) is 41.0 Å². The second-order valence-corrected chi connectivity index (χ2v) is 6.23. The Morgan fingerprint density at radius 3 is 2.90 bits per heavy atom. The van der Waals surface area contributed by atoms with E-state index in [1.807, 2.05) is 0 Å². The molecule has 3 rings (SSSR count). The van der Waals surface area contributed by atoms with Crippen molar-refractivity contribution < 1.29 is 0 Å². The number of hydrogen-bond donors (Lipinski definition) is 1. The molecule has 0 fully saturated rings. The van der Waals surface area contributed by atoms with Gasteiger partial charge in [0.1, 0.15) is 0 Å². The maximum atomic E-state index is 3.66. The Balaban J connectivity index is 1.50. The van der Waals surface area contributed by atoms with E-state index in [9.17, 15) is 0 Å². The van der Waals surface area contributed by atoms with Crippen molar-refractivity contribution in [2.24, 2.45) is 0 Å². The van der Waals surface area contributed by atoms with Gasteiger partial charge < -0.3 is 5.32 Å². The zero-order valence-corrected chi connectivity index (χ0v) is 12.9. The van der Waals surface area contributed by atoms with Crippen LogP contribution in [0, 0.1) is 6.92 Å². The first kappa shape index (κ1) is 14.3. The summed E-state index contributed by atoms with van der Waals surface area (Å²) >= 11 is 0. The molecular weight excluding hydrogens is 254 g/mol. The average Bonchev–Trinajstić information content (AvgIpc) is 2.52. The Hall–Kier alpha value is -1.60. The van der Waals surface area contributed by atoms with Gasteiger partial charge >= 0.3 is 0 Å². The topological polar surface area (TPSA) is 12.0 Å². The quantitative estimate of drug-likeness (QED) is 0.807. The molecule has 0 saturated carbocycles. The standard InChI is InChI=1S/C20H25N/c1-16-6-4-7-17(14-16)12-13-21-15-19-10-5-9-18-8-2-3-11-20(18)19/h2-4,6-8,11,14,19,21H,5,9-10,12-13,15H2,1H3. The lowest BCUT2D eigenvalue weighted by atomic mass is 9.83. The normalized spacial score (nSPS) is 17.5.